The lowest BCUT2D eigenvalue weighted by Crippen LogP contribution is -2.27. The summed E-state index contributed by atoms with van der Waals surface area (Å²) in [5.74, 6) is 0. The number of rotatable bonds is 6. The van der Waals surface area contributed by atoms with Crippen molar-refractivity contribution in [2.24, 2.45) is 0 Å². The largest absolute Gasteiger partial charge is 0.454 e. The van der Waals surface area contributed by atoms with Gasteiger partial charge in [-0.3, -0.25) is 0 Å². The third-order valence-electron chi connectivity index (χ3n) is 12.0. The molecule has 0 saturated carbocycles. The van der Waals surface area contributed by atoms with Crippen LogP contribution in [-0.4, -0.2) is 10.5 Å². The molecule has 3 aliphatic heterocycles. The maximum atomic E-state index is 6.93. The first kappa shape index (κ1) is 33.0. The quantitative estimate of drug-likeness (QED) is 0.167. The molecule has 5 heteroatoms. The van der Waals surface area contributed by atoms with Crippen LogP contribution in [0.3, 0.4) is 0 Å². The molecule has 0 bridgehead atoms. The molecule has 0 amide bonds. The van der Waals surface area contributed by atoms with E-state index in [2.05, 4.69) is 227 Å². The molecule has 4 unspecified atom stereocenters. The smallest absolute Gasteiger partial charge is 0.159 e. The monoisotopic (exact) mass is 768 g/mol. The Kier molecular flexibility index (Phi) is 7.67. The molecular formula is C52H36N2OS2. The molecule has 272 valence electrons. The number of benzene rings is 8. The number of hydrogen-bond donors (Lipinski definition) is 0. The zero-order chi connectivity index (χ0) is 37.5. The van der Waals surface area contributed by atoms with Gasteiger partial charge in [-0.15, -0.1) is 23.5 Å². The molecule has 3 aliphatic rings. The van der Waals surface area contributed by atoms with E-state index in [0.717, 1.165) is 39.0 Å². The van der Waals surface area contributed by atoms with Crippen molar-refractivity contribution in [1.29, 1.82) is 0 Å². The number of furan rings is 1. The predicted octanol–water partition coefficient (Wildman–Crippen LogP) is 14.6. The fourth-order valence-corrected chi connectivity index (χ4v) is 12.7. The van der Waals surface area contributed by atoms with Crippen LogP contribution in [0.4, 0.5) is 22.7 Å². The second kappa shape index (κ2) is 13.2. The highest BCUT2D eigenvalue weighted by molar-refractivity contribution is 8.04. The molecule has 57 heavy (non-hydrogen) atoms. The van der Waals surface area contributed by atoms with E-state index in [-0.39, 0.29) is 0 Å². The summed E-state index contributed by atoms with van der Waals surface area (Å²) in [7, 11) is 0. The van der Waals surface area contributed by atoms with Gasteiger partial charge in [-0.1, -0.05) is 133 Å². The minimum Gasteiger partial charge on any atom is -0.454 e. The van der Waals surface area contributed by atoms with Crippen LogP contribution < -0.4 is 9.80 Å². The van der Waals surface area contributed by atoms with Crippen LogP contribution in [0.5, 0.6) is 0 Å². The Morgan fingerprint density at radius 1 is 0.439 bits per heavy atom. The van der Waals surface area contributed by atoms with Crippen LogP contribution in [0.2, 0.25) is 0 Å². The maximum absolute atomic E-state index is 6.93. The van der Waals surface area contributed by atoms with Crippen molar-refractivity contribution in [2.45, 2.75) is 32.4 Å². The average Bonchev–Trinajstić information content (AvgIpc) is 4.03. The number of para-hydroxylation sites is 1. The summed E-state index contributed by atoms with van der Waals surface area (Å²) in [6.07, 6.45) is 0. The summed E-state index contributed by atoms with van der Waals surface area (Å²) >= 11 is 4.15. The van der Waals surface area contributed by atoms with Crippen LogP contribution in [-0.2, 0) is 0 Å². The van der Waals surface area contributed by atoms with E-state index in [0.29, 0.717) is 22.6 Å². The van der Waals surface area contributed by atoms with Crippen LogP contribution in [0, 0.1) is 0 Å². The van der Waals surface area contributed by atoms with Gasteiger partial charge in [0.2, 0.25) is 0 Å². The Bertz CT molecular complexity index is 2800. The normalized spacial score (nSPS) is 19.1. The third kappa shape index (κ3) is 5.30. The molecule has 8 aromatic carbocycles. The first-order valence-corrected chi connectivity index (χ1v) is 21.4. The first-order valence-electron chi connectivity index (χ1n) is 19.6. The zero-order valence-corrected chi connectivity index (χ0v) is 32.5. The Labute approximate surface area is 340 Å². The van der Waals surface area contributed by atoms with Crippen molar-refractivity contribution in [3.8, 4) is 22.3 Å². The molecule has 1 aromatic heterocycles. The van der Waals surface area contributed by atoms with E-state index in [1.165, 1.54) is 48.9 Å². The van der Waals surface area contributed by atoms with Crippen LogP contribution in [0.1, 0.15) is 23.2 Å². The zero-order valence-electron chi connectivity index (χ0n) is 30.9. The van der Waals surface area contributed by atoms with Gasteiger partial charge in [-0.05, 0) is 94.0 Å². The highest BCUT2D eigenvalue weighted by Crippen LogP contribution is 2.66. The SMILES string of the molecule is c1ccc(-c2ccc(N(c3ccc(-c4ccccc4)cc3)c3cccc4c3oc3ccc(N5C6c7ccccc7SC6C6Sc7ccccc7C65)cc34)cc2)cc1. The lowest BCUT2D eigenvalue weighted by atomic mass is 10.0. The minimum atomic E-state index is 0.307. The fraction of sp³-hybridized carbons (Fsp3) is 0.0769. The molecule has 1 saturated heterocycles. The topological polar surface area (TPSA) is 19.6 Å². The van der Waals surface area contributed by atoms with Gasteiger partial charge in [0.15, 0.2) is 5.58 Å². The Hall–Kier alpha value is -6.14. The molecule has 4 heterocycles. The van der Waals surface area contributed by atoms with Crippen molar-refractivity contribution in [1.82, 2.24) is 0 Å². The van der Waals surface area contributed by atoms with E-state index in [4.69, 9.17) is 4.42 Å². The van der Waals surface area contributed by atoms with Crippen molar-refractivity contribution in [2.75, 3.05) is 9.80 Å². The van der Waals surface area contributed by atoms with E-state index in [1.54, 1.807) is 0 Å². The van der Waals surface area contributed by atoms with Crippen molar-refractivity contribution < 1.29 is 4.42 Å². The van der Waals surface area contributed by atoms with Crippen molar-refractivity contribution in [3.05, 3.63) is 205 Å². The summed E-state index contributed by atoms with van der Waals surface area (Å²) < 4.78 is 6.93. The molecule has 1 fully saturated rings. The standard InChI is InChI=1S/C52H36N2OS2/c1-3-12-33(13-4-1)35-22-26-37(27-23-35)53(38-28-24-36(25-29-38)34-14-5-2-6-15-34)44-19-11-18-40-43-32-39(30-31-45(43)55-50(40)44)54-48-41-16-7-9-20-46(41)56-51(48)52-49(54)42-17-8-10-21-47(42)57-52/h1-32,48-49,51-52H. The van der Waals surface area contributed by atoms with Crippen LogP contribution in [0.15, 0.2) is 208 Å². The predicted molar refractivity (Wildman–Crippen MR) is 239 cm³/mol. The molecule has 0 spiro atoms. The highest BCUT2D eigenvalue weighted by Gasteiger charge is 2.57. The Balaban J connectivity index is 0.997. The van der Waals surface area contributed by atoms with Crippen LogP contribution in [0.25, 0.3) is 44.2 Å². The number of hydrogen-bond acceptors (Lipinski definition) is 5. The van der Waals surface area contributed by atoms with Gasteiger partial charge in [0.25, 0.3) is 0 Å². The number of thioether (sulfide) groups is 2. The van der Waals surface area contributed by atoms with Gasteiger partial charge in [0.05, 0.1) is 17.8 Å². The second-order valence-electron chi connectivity index (χ2n) is 15.1. The lowest BCUT2D eigenvalue weighted by Gasteiger charge is -2.32. The van der Waals surface area contributed by atoms with Crippen LogP contribution >= 0.6 is 23.5 Å². The summed E-state index contributed by atoms with van der Waals surface area (Å²) in [5.41, 5.74) is 13.8. The molecular weight excluding hydrogens is 733 g/mol. The molecule has 9 aromatic rings. The summed E-state index contributed by atoms with van der Waals surface area (Å²) in [6, 6.07) is 71.1. The first-order chi connectivity index (χ1) is 28.3. The molecule has 0 N–H and O–H groups in total. The van der Waals surface area contributed by atoms with Crippen molar-refractivity contribution >= 4 is 68.2 Å². The van der Waals surface area contributed by atoms with Gasteiger partial charge in [0, 0.05) is 48.1 Å². The molecule has 3 nitrogen and oxygen atoms in total. The molecule has 12 rings (SSSR count). The van der Waals surface area contributed by atoms with Gasteiger partial charge in [-0.25, -0.2) is 0 Å². The minimum absolute atomic E-state index is 0.307. The van der Waals surface area contributed by atoms with Gasteiger partial charge >= 0.3 is 0 Å². The van der Waals surface area contributed by atoms with Crippen molar-refractivity contribution in [3.63, 3.8) is 0 Å². The Morgan fingerprint density at radius 2 is 0.947 bits per heavy atom. The highest BCUT2D eigenvalue weighted by atomic mass is 32.2. The molecule has 0 aliphatic carbocycles. The molecule has 4 atom stereocenters. The third-order valence-corrected chi connectivity index (χ3v) is 15.1. The van der Waals surface area contributed by atoms with Gasteiger partial charge in [0.1, 0.15) is 5.58 Å². The van der Waals surface area contributed by atoms with E-state index in [9.17, 15) is 0 Å². The average molecular weight is 769 g/mol. The summed E-state index contributed by atoms with van der Waals surface area (Å²) in [5, 5.41) is 3.21. The van der Waals surface area contributed by atoms with Gasteiger partial charge < -0.3 is 14.2 Å². The van der Waals surface area contributed by atoms with E-state index in [1.807, 2.05) is 0 Å². The van der Waals surface area contributed by atoms with E-state index >= 15 is 0 Å². The number of fused-ring (bicyclic) bond motifs is 10. The summed E-state index contributed by atoms with van der Waals surface area (Å²) in [6.45, 7) is 0. The summed E-state index contributed by atoms with van der Waals surface area (Å²) in [4.78, 5) is 7.91. The number of nitrogens with zero attached hydrogens (tertiary/aromatic N) is 2. The van der Waals surface area contributed by atoms with Gasteiger partial charge in [-0.2, -0.15) is 0 Å². The lowest BCUT2D eigenvalue weighted by molar-refractivity contribution is 0.666. The number of anilines is 4. The van der Waals surface area contributed by atoms with E-state index < -0.39 is 0 Å². The molecule has 0 radical (unpaired) electrons. The second-order valence-corrected chi connectivity index (χ2v) is 17.6. The maximum Gasteiger partial charge on any atom is 0.159 e. The Morgan fingerprint density at radius 3 is 1.51 bits per heavy atom. The fourth-order valence-electron chi connectivity index (χ4n) is 9.45.